The molecule has 3 rings (SSSR count). The van der Waals surface area contributed by atoms with Gasteiger partial charge in [0.2, 0.25) is 0 Å². The summed E-state index contributed by atoms with van der Waals surface area (Å²) >= 11 is 7.98. The summed E-state index contributed by atoms with van der Waals surface area (Å²) in [5.41, 5.74) is 11.2. The van der Waals surface area contributed by atoms with Crippen molar-refractivity contribution in [3.05, 3.63) is 45.6 Å². The Morgan fingerprint density at radius 1 is 1.20 bits per heavy atom. The number of rotatable bonds is 2. The number of nitrogens with two attached hydrogens (primary N) is 1. The van der Waals surface area contributed by atoms with Crippen LogP contribution in [0.5, 0.6) is 0 Å². The first-order valence-electron chi connectivity index (χ1n) is 6.20. The van der Waals surface area contributed by atoms with Crippen molar-refractivity contribution >= 4 is 28.8 Å². The van der Waals surface area contributed by atoms with E-state index >= 15 is 0 Å². The van der Waals surface area contributed by atoms with Gasteiger partial charge in [0.1, 0.15) is 11.5 Å². The third-order valence-electron chi connectivity index (χ3n) is 3.35. The van der Waals surface area contributed by atoms with Gasteiger partial charge in [-0.25, -0.2) is 0 Å². The van der Waals surface area contributed by atoms with Crippen LogP contribution in [-0.4, -0.2) is 9.78 Å². The fraction of sp³-hybridized carbons (Fsp3) is 0.133. The van der Waals surface area contributed by atoms with Crippen LogP contribution in [0.1, 0.15) is 5.56 Å². The van der Waals surface area contributed by atoms with Crippen molar-refractivity contribution in [1.29, 1.82) is 0 Å². The van der Waals surface area contributed by atoms with Gasteiger partial charge in [0.05, 0.1) is 5.56 Å². The average molecular weight is 304 g/mol. The molecule has 3 nitrogen and oxygen atoms in total. The van der Waals surface area contributed by atoms with Gasteiger partial charge in [0, 0.05) is 28.6 Å². The van der Waals surface area contributed by atoms with Crippen molar-refractivity contribution in [2.45, 2.75) is 6.92 Å². The summed E-state index contributed by atoms with van der Waals surface area (Å²) in [5.74, 6) is 0.624. The Balaban J connectivity index is 2.31. The molecule has 0 aliphatic carbocycles. The summed E-state index contributed by atoms with van der Waals surface area (Å²) in [6.45, 7) is 2.08. The lowest BCUT2D eigenvalue weighted by Gasteiger charge is -2.06. The number of hydrogen-bond acceptors (Lipinski definition) is 3. The molecule has 0 saturated heterocycles. The Hall–Kier alpha value is -1.78. The molecule has 0 saturated carbocycles. The Kier molecular flexibility index (Phi) is 3.28. The second-order valence-corrected chi connectivity index (χ2v) is 5.83. The first-order chi connectivity index (χ1) is 9.59. The van der Waals surface area contributed by atoms with Crippen LogP contribution < -0.4 is 5.73 Å². The van der Waals surface area contributed by atoms with Crippen LogP contribution in [-0.2, 0) is 7.05 Å². The minimum Gasteiger partial charge on any atom is -0.383 e. The molecule has 102 valence electrons. The van der Waals surface area contributed by atoms with Crippen LogP contribution in [0, 0.1) is 6.92 Å². The van der Waals surface area contributed by atoms with Crippen molar-refractivity contribution in [2.24, 2.45) is 7.05 Å². The minimum atomic E-state index is 0.624. The molecule has 5 heteroatoms. The van der Waals surface area contributed by atoms with E-state index in [2.05, 4.69) is 22.8 Å². The predicted octanol–water partition coefficient (Wildman–Crippen LogP) is 4.36. The first kappa shape index (κ1) is 13.2. The van der Waals surface area contributed by atoms with E-state index in [0.29, 0.717) is 10.8 Å². The molecule has 2 heterocycles. The van der Waals surface area contributed by atoms with E-state index in [1.165, 1.54) is 5.56 Å². The number of nitrogens with zero attached hydrogens (tertiary/aromatic N) is 2. The fourth-order valence-electron chi connectivity index (χ4n) is 2.26. The lowest BCUT2D eigenvalue weighted by molar-refractivity contribution is 0.782. The van der Waals surface area contributed by atoms with Crippen molar-refractivity contribution in [3.8, 4) is 22.4 Å². The largest absolute Gasteiger partial charge is 0.383 e. The van der Waals surface area contributed by atoms with E-state index in [-0.39, 0.29) is 0 Å². The van der Waals surface area contributed by atoms with Gasteiger partial charge >= 0.3 is 0 Å². The van der Waals surface area contributed by atoms with Crippen molar-refractivity contribution in [2.75, 3.05) is 5.73 Å². The molecule has 0 bridgehead atoms. The zero-order valence-electron chi connectivity index (χ0n) is 11.2. The number of aryl methyl sites for hydroxylation is 2. The number of anilines is 1. The number of thiophene rings is 1. The van der Waals surface area contributed by atoms with Crippen LogP contribution in [0.25, 0.3) is 22.4 Å². The molecule has 3 aromatic rings. The van der Waals surface area contributed by atoms with E-state index in [1.54, 1.807) is 16.0 Å². The van der Waals surface area contributed by atoms with Crippen molar-refractivity contribution in [1.82, 2.24) is 9.78 Å². The lowest BCUT2D eigenvalue weighted by Crippen LogP contribution is -1.98. The number of hydrogen-bond donors (Lipinski definition) is 1. The minimum absolute atomic E-state index is 0.624. The molecule has 0 fully saturated rings. The molecular formula is C15H14ClN3S. The zero-order valence-corrected chi connectivity index (χ0v) is 12.8. The Morgan fingerprint density at radius 3 is 2.60 bits per heavy atom. The van der Waals surface area contributed by atoms with Crippen LogP contribution >= 0.6 is 22.9 Å². The molecule has 20 heavy (non-hydrogen) atoms. The Bertz CT molecular complexity index is 773. The summed E-state index contributed by atoms with van der Waals surface area (Å²) in [6, 6.07) is 7.71. The molecule has 0 unspecified atom stereocenters. The number of halogens is 1. The fourth-order valence-corrected chi connectivity index (χ4v) is 3.32. The third-order valence-corrected chi connectivity index (χ3v) is 4.54. The molecule has 0 radical (unpaired) electrons. The number of benzene rings is 1. The summed E-state index contributed by atoms with van der Waals surface area (Å²) in [4.78, 5) is 0. The second-order valence-electron chi connectivity index (χ2n) is 4.68. The van der Waals surface area contributed by atoms with Gasteiger partial charge < -0.3 is 5.73 Å². The van der Waals surface area contributed by atoms with Gasteiger partial charge in [-0.2, -0.15) is 16.4 Å². The van der Waals surface area contributed by atoms with Gasteiger partial charge in [-0.05, 0) is 23.9 Å². The maximum Gasteiger partial charge on any atom is 0.129 e. The van der Waals surface area contributed by atoms with Gasteiger partial charge in [0.15, 0.2) is 0 Å². The van der Waals surface area contributed by atoms with Crippen LogP contribution in [0.4, 0.5) is 5.82 Å². The highest BCUT2D eigenvalue weighted by atomic mass is 35.5. The van der Waals surface area contributed by atoms with Gasteiger partial charge in [-0.15, -0.1) is 0 Å². The molecular weight excluding hydrogens is 290 g/mol. The Morgan fingerprint density at radius 2 is 1.95 bits per heavy atom. The third kappa shape index (κ3) is 2.01. The maximum absolute atomic E-state index is 6.32. The van der Waals surface area contributed by atoms with Gasteiger partial charge in [0.25, 0.3) is 0 Å². The molecule has 1 aromatic carbocycles. The van der Waals surface area contributed by atoms with E-state index in [9.17, 15) is 0 Å². The summed E-state index contributed by atoms with van der Waals surface area (Å²) in [6.07, 6.45) is 0. The van der Waals surface area contributed by atoms with E-state index < -0.39 is 0 Å². The molecule has 0 amide bonds. The summed E-state index contributed by atoms with van der Waals surface area (Å²) < 4.78 is 1.70. The summed E-state index contributed by atoms with van der Waals surface area (Å²) in [7, 11) is 1.85. The normalized spacial score (nSPS) is 10.9. The smallest absolute Gasteiger partial charge is 0.129 e. The molecule has 2 aromatic heterocycles. The van der Waals surface area contributed by atoms with Crippen LogP contribution in [0.3, 0.4) is 0 Å². The monoisotopic (exact) mass is 303 g/mol. The molecule has 0 spiro atoms. The first-order valence-corrected chi connectivity index (χ1v) is 7.52. The van der Waals surface area contributed by atoms with Crippen molar-refractivity contribution in [3.63, 3.8) is 0 Å². The summed E-state index contributed by atoms with van der Waals surface area (Å²) in [5, 5.41) is 9.45. The maximum atomic E-state index is 6.32. The SMILES string of the molecule is Cc1cscc1-c1nn(C)c(N)c1-c1ccccc1Cl. The lowest BCUT2D eigenvalue weighted by atomic mass is 10.0. The van der Waals surface area contributed by atoms with Crippen LogP contribution in [0.2, 0.25) is 5.02 Å². The number of nitrogen functional groups attached to an aromatic ring is 1. The van der Waals surface area contributed by atoms with E-state index in [1.807, 2.05) is 31.3 Å². The topological polar surface area (TPSA) is 43.8 Å². The standard InChI is InChI=1S/C15H14ClN3S/c1-9-7-20-8-11(9)14-13(15(17)19(2)18-14)10-5-3-4-6-12(10)16/h3-8H,17H2,1-2H3. The highest BCUT2D eigenvalue weighted by Crippen LogP contribution is 2.40. The predicted molar refractivity (Wildman–Crippen MR) is 86.1 cm³/mol. The quantitative estimate of drug-likeness (QED) is 0.764. The van der Waals surface area contributed by atoms with Crippen LogP contribution in [0.15, 0.2) is 35.0 Å². The van der Waals surface area contributed by atoms with Gasteiger partial charge in [-0.1, -0.05) is 29.8 Å². The van der Waals surface area contributed by atoms with Gasteiger partial charge in [-0.3, -0.25) is 4.68 Å². The second kappa shape index (κ2) is 4.96. The molecule has 0 aliphatic rings. The molecule has 0 aliphatic heterocycles. The highest BCUT2D eigenvalue weighted by molar-refractivity contribution is 7.08. The Labute approximate surface area is 126 Å². The van der Waals surface area contributed by atoms with E-state index in [4.69, 9.17) is 17.3 Å². The number of aromatic nitrogens is 2. The zero-order chi connectivity index (χ0) is 14.3. The average Bonchev–Trinajstić information content (AvgIpc) is 2.96. The van der Waals surface area contributed by atoms with Crippen molar-refractivity contribution < 1.29 is 0 Å². The molecule has 2 N–H and O–H groups in total. The van der Waals surface area contributed by atoms with E-state index in [0.717, 1.165) is 22.4 Å². The molecule has 0 atom stereocenters. The highest BCUT2D eigenvalue weighted by Gasteiger charge is 2.20.